The number of hydrogen-bond acceptors (Lipinski definition) is 8. The van der Waals surface area contributed by atoms with Gasteiger partial charge in [0.1, 0.15) is 17.5 Å². The van der Waals surface area contributed by atoms with E-state index in [1.54, 1.807) is 30.5 Å². The Balaban J connectivity index is 1.28. The maximum atomic E-state index is 13.3. The van der Waals surface area contributed by atoms with Crippen molar-refractivity contribution in [3.63, 3.8) is 0 Å². The molecule has 1 saturated heterocycles. The SMILES string of the molecule is CCc1nc(Nc2cc(C(=O)Cc3ccccc3)ccn2)nc(N2CCN(c3ccc(F)cc3)CC2)n1. The third-order valence-corrected chi connectivity index (χ3v) is 6.27. The van der Waals surface area contributed by atoms with Crippen molar-refractivity contribution >= 4 is 29.2 Å². The Morgan fingerprint density at radius 2 is 1.65 bits per heavy atom. The third-order valence-electron chi connectivity index (χ3n) is 6.27. The van der Waals surface area contributed by atoms with Gasteiger partial charge in [-0.15, -0.1) is 0 Å². The lowest BCUT2D eigenvalue weighted by Gasteiger charge is -2.36. The summed E-state index contributed by atoms with van der Waals surface area (Å²) in [6.45, 7) is 5.00. The molecule has 2 aromatic heterocycles. The monoisotopic (exact) mass is 497 g/mol. The number of benzene rings is 2. The minimum absolute atomic E-state index is 0.0151. The van der Waals surface area contributed by atoms with Crippen molar-refractivity contribution in [2.45, 2.75) is 19.8 Å². The second kappa shape index (κ2) is 11.1. The molecule has 2 aromatic carbocycles. The number of ketones is 1. The van der Waals surface area contributed by atoms with Crippen LogP contribution in [0.1, 0.15) is 28.7 Å². The molecule has 0 amide bonds. The van der Waals surface area contributed by atoms with E-state index in [9.17, 15) is 9.18 Å². The van der Waals surface area contributed by atoms with Crippen LogP contribution in [0.15, 0.2) is 72.9 Å². The number of Topliss-reactive ketones (excluding diaryl/α,β-unsaturated/α-hetero) is 1. The van der Waals surface area contributed by atoms with Crippen molar-refractivity contribution in [1.29, 1.82) is 0 Å². The van der Waals surface area contributed by atoms with Crippen LogP contribution in [0.25, 0.3) is 0 Å². The Kier molecular flexibility index (Phi) is 7.30. The molecular formula is C28H28FN7O. The Hall–Kier alpha value is -4.40. The van der Waals surface area contributed by atoms with Gasteiger partial charge < -0.3 is 15.1 Å². The molecule has 1 aliphatic rings. The van der Waals surface area contributed by atoms with E-state index in [0.717, 1.165) is 37.4 Å². The highest BCUT2D eigenvalue weighted by molar-refractivity contribution is 5.98. The standard InChI is InChI=1S/C28H28FN7O/c1-2-25-31-27(32-26-19-21(12-13-30-26)24(37)18-20-6-4-3-5-7-20)34-28(33-25)36-16-14-35(15-17-36)23-10-8-22(29)9-11-23/h3-13,19H,2,14-18H2,1H3,(H,30,31,32,33,34). The van der Waals surface area contributed by atoms with Gasteiger partial charge in [0.2, 0.25) is 11.9 Å². The van der Waals surface area contributed by atoms with E-state index in [0.29, 0.717) is 41.9 Å². The zero-order chi connectivity index (χ0) is 25.6. The lowest BCUT2D eigenvalue weighted by atomic mass is 10.0. The first kappa shape index (κ1) is 24.3. The summed E-state index contributed by atoms with van der Waals surface area (Å²) in [5, 5.41) is 3.16. The number of hydrogen-bond donors (Lipinski definition) is 1. The molecule has 8 nitrogen and oxygen atoms in total. The van der Waals surface area contributed by atoms with Crippen molar-refractivity contribution in [1.82, 2.24) is 19.9 Å². The van der Waals surface area contributed by atoms with Crippen LogP contribution in [-0.2, 0) is 12.8 Å². The number of aryl methyl sites for hydroxylation is 1. The molecule has 5 rings (SSSR count). The molecule has 0 radical (unpaired) electrons. The zero-order valence-electron chi connectivity index (χ0n) is 20.6. The lowest BCUT2D eigenvalue weighted by molar-refractivity contribution is 0.0993. The number of halogens is 1. The van der Waals surface area contributed by atoms with E-state index in [2.05, 4.69) is 35.1 Å². The molecule has 0 saturated carbocycles. The topological polar surface area (TPSA) is 87.1 Å². The van der Waals surface area contributed by atoms with Gasteiger partial charge >= 0.3 is 0 Å². The number of aromatic nitrogens is 4. The van der Waals surface area contributed by atoms with Crippen LogP contribution in [0.2, 0.25) is 0 Å². The fourth-order valence-electron chi connectivity index (χ4n) is 4.25. The predicted molar refractivity (Wildman–Crippen MR) is 142 cm³/mol. The summed E-state index contributed by atoms with van der Waals surface area (Å²) in [5.74, 6) is 1.94. The molecule has 188 valence electrons. The van der Waals surface area contributed by atoms with E-state index >= 15 is 0 Å². The second-order valence-corrected chi connectivity index (χ2v) is 8.82. The highest BCUT2D eigenvalue weighted by atomic mass is 19.1. The maximum Gasteiger partial charge on any atom is 0.233 e. The minimum atomic E-state index is -0.236. The summed E-state index contributed by atoms with van der Waals surface area (Å²) in [4.78, 5) is 35.3. The molecule has 0 aliphatic carbocycles. The second-order valence-electron chi connectivity index (χ2n) is 8.82. The average molecular weight is 498 g/mol. The first-order valence-electron chi connectivity index (χ1n) is 12.4. The number of anilines is 4. The number of rotatable bonds is 8. The van der Waals surface area contributed by atoms with Crippen molar-refractivity contribution in [3.8, 4) is 0 Å². The van der Waals surface area contributed by atoms with E-state index in [-0.39, 0.29) is 11.6 Å². The van der Waals surface area contributed by atoms with Crippen molar-refractivity contribution < 1.29 is 9.18 Å². The minimum Gasteiger partial charge on any atom is -0.368 e. The quantitative estimate of drug-likeness (QED) is 0.357. The number of piperazine rings is 1. The van der Waals surface area contributed by atoms with Crippen LogP contribution >= 0.6 is 0 Å². The Bertz CT molecular complexity index is 1360. The van der Waals surface area contributed by atoms with Gasteiger partial charge in [-0.25, -0.2) is 9.37 Å². The normalized spacial score (nSPS) is 13.5. The van der Waals surface area contributed by atoms with Crippen LogP contribution in [0, 0.1) is 5.82 Å². The van der Waals surface area contributed by atoms with Crippen LogP contribution < -0.4 is 15.1 Å². The zero-order valence-corrected chi connectivity index (χ0v) is 20.6. The molecule has 9 heteroatoms. The number of pyridine rings is 1. The van der Waals surface area contributed by atoms with Crippen LogP contribution in [-0.4, -0.2) is 51.9 Å². The van der Waals surface area contributed by atoms with Gasteiger partial charge in [-0.2, -0.15) is 15.0 Å². The maximum absolute atomic E-state index is 13.3. The van der Waals surface area contributed by atoms with E-state index < -0.39 is 0 Å². The van der Waals surface area contributed by atoms with Crippen molar-refractivity contribution in [2.24, 2.45) is 0 Å². The van der Waals surface area contributed by atoms with Gasteiger partial charge in [-0.3, -0.25) is 4.79 Å². The molecule has 4 aromatic rings. The molecule has 0 spiro atoms. The summed E-state index contributed by atoms with van der Waals surface area (Å²) in [5.41, 5.74) is 2.54. The van der Waals surface area contributed by atoms with Crippen LogP contribution in [0.5, 0.6) is 0 Å². The largest absolute Gasteiger partial charge is 0.368 e. The van der Waals surface area contributed by atoms with Crippen molar-refractivity contribution in [2.75, 3.05) is 41.3 Å². The van der Waals surface area contributed by atoms with E-state index in [4.69, 9.17) is 0 Å². The molecule has 1 aliphatic heterocycles. The summed E-state index contributed by atoms with van der Waals surface area (Å²) in [6.07, 6.45) is 2.59. The molecular weight excluding hydrogens is 469 g/mol. The molecule has 37 heavy (non-hydrogen) atoms. The predicted octanol–water partition coefficient (Wildman–Crippen LogP) is 4.46. The van der Waals surface area contributed by atoms with Crippen molar-refractivity contribution in [3.05, 3.63) is 95.7 Å². The number of nitrogens with one attached hydrogen (secondary N) is 1. The lowest BCUT2D eigenvalue weighted by Crippen LogP contribution is -2.47. The first-order valence-corrected chi connectivity index (χ1v) is 12.4. The average Bonchev–Trinajstić information content (AvgIpc) is 2.94. The molecule has 0 unspecified atom stereocenters. The van der Waals surface area contributed by atoms with E-state index in [1.807, 2.05) is 37.3 Å². The van der Waals surface area contributed by atoms with E-state index in [1.165, 1.54) is 12.1 Å². The number of carbonyl (C=O) groups is 1. The first-order chi connectivity index (χ1) is 18.1. The third kappa shape index (κ3) is 6.06. The highest BCUT2D eigenvalue weighted by Crippen LogP contribution is 2.21. The Labute approximate surface area is 215 Å². The fraction of sp³-hybridized carbons (Fsp3) is 0.250. The number of carbonyl (C=O) groups excluding carboxylic acids is 1. The van der Waals surface area contributed by atoms with Gasteiger partial charge in [-0.1, -0.05) is 37.3 Å². The molecule has 1 N–H and O–H groups in total. The smallest absolute Gasteiger partial charge is 0.233 e. The van der Waals surface area contributed by atoms with Crippen LogP contribution in [0.3, 0.4) is 0 Å². The summed E-state index contributed by atoms with van der Waals surface area (Å²) in [7, 11) is 0. The number of nitrogens with zero attached hydrogens (tertiary/aromatic N) is 6. The van der Waals surface area contributed by atoms with Gasteiger partial charge in [0.15, 0.2) is 5.78 Å². The van der Waals surface area contributed by atoms with Gasteiger partial charge in [0.05, 0.1) is 0 Å². The van der Waals surface area contributed by atoms with Gasteiger partial charge in [0, 0.05) is 56.5 Å². The van der Waals surface area contributed by atoms with Crippen LogP contribution in [0.4, 0.5) is 27.8 Å². The van der Waals surface area contributed by atoms with Gasteiger partial charge in [-0.05, 0) is 42.0 Å². The molecule has 0 atom stereocenters. The fourth-order valence-corrected chi connectivity index (χ4v) is 4.25. The molecule has 1 fully saturated rings. The summed E-state index contributed by atoms with van der Waals surface area (Å²) >= 11 is 0. The highest BCUT2D eigenvalue weighted by Gasteiger charge is 2.21. The summed E-state index contributed by atoms with van der Waals surface area (Å²) in [6, 6.07) is 19.7. The Morgan fingerprint density at radius 3 is 2.38 bits per heavy atom. The summed E-state index contributed by atoms with van der Waals surface area (Å²) < 4.78 is 13.3. The molecule has 0 bridgehead atoms. The Morgan fingerprint density at radius 1 is 0.919 bits per heavy atom. The van der Waals surface area contributed by atoms with Gasteiger partial charge in [0.25, 0.3) is 0 Å². The molecule has 3 heterocycles.